The highest BCUT2D eigenvalue weighted by molar-refractivity contribution is 5.14. The molecule has 4 rings (SSSR count). The van der Waals surface area contributed by atoms with Crippen molar-refractivity contribution in [2.75, 3.05) is 0 Å². The van der Waals surface area contributed by atoms with Crippen LogP contribution in [0.25, 0.3) is 0 Å². The Morgan fingerprint density at radius 2 is 1.41 bits per heavy atom. The highest BCUT2D eigenvalue weighted by Gasteiger charge is 2.59. The van der Waals surface area contributed by atoms with Crippen molar-refractivity contribution in [3.8, 4) is 0 Å². The van der Waals surface area contributed by atoms with Crippen LogP contribution in [0.2, 0.25) is 0 Å². The van der Waals surface area contributed by atoms with E-state index in [1.54, 1.807) is 0 Å². The van der Waals surface area contributed by atoms with Gasteiger partial charge in [0, 0.05) is 11.1 Å². The van der Waals surface area contributed by atoms with Gasteiger partial charge in [0.2, 0.25) is 0 Å². The lowest BCUT2D eigenvalue weighted by Gasteiger charge is -2.63. The molecule has 0 saturated heterocycles. The fraction of sp³-hybridized carbons (Fsp3) is 1.00. The molecule has 4 aliphatic rings. The fourth-order valence-electron chi connectivity index (χ4n) is 8.88. The molecule has 4 saturated carbocycles. The number of unbranched alkanes of at least 4 members (excludes halogenated alkanes) is 3. The Hall–Kier alpha value is -0.0800. The zero-order chi connectivity index (χ0) is 22.5. The van der Waals surface area contributed by atoms with Crippen LogP contribution < -0.4 is 11.5 Å². The number of fused-ring (bicyclic) bond motifs is 5. The first kappa shape index (κ1) is 28.2. The van der Waals surface area contributed by atoms with Gasteiger partial charge in [0.25, 0.3) is 0 Å². The van der Waals surface area contributed by atoms with E-state index in [1.165, 1.54) is 109 Å². The first-order valence-corrected chi connectivity index (χ1v) is 14.5. The predicted octanol–water partition coefficient (Wildman–Crippen LogP) is 8.47. The van der Waals surface area contributed by atoms with Crippen molar-refractivity contribution in [3.63, 3.8) is 0 Å². The zero-order valence-corrected chi connectivity index (χ0v) is 21.6. The van der Waals surface area contributed by atoms with Gasteiger partial charge in [-0.25, -0.2) is 0 Å². The number of nitrogens with two attached hydrogens (primary N) is 2. The van der Waals surface area contributed by atoms with Gasteiger partial charge in [0.15, 0.2) is 0 Å². The van der Waals surface area contributed by atoms with Crippen molar-refractivity contribution >= 4 is 0 Å². The van der Waals surface area contributed by atoms with E-state index in [9.17, 15) is 0 Å². The summed E-state index contributed by atoms with van der Waals surface area (Å²) in [5, 5.41) is 0. The van der Waals surface area contributed by atoms with E-state index in [4.69, 9.17) is 11.5 Å². The van der Waals surface area contributed by atoms with Gasteiger partial charge in [-0.1, -0.05) is 92.9 Å². The second kappa shape index (κ2) is 12.6. The summed E-state index contributed by atoms with van der Waals surface area (Å²) in [5.41, 5.74) is 14.8. The number of hydrogen-bond donors (Lipinski definition) is 2. The summed E-state index contributed by atoms with van der Waals surface area (Å²) in [6, 6.07) is 0. The molecule has 0 aromatic heterocycles. The molecule has 8 atom stereocenters. The molecule has 0 aliphatic heterocycles. The Labute approximate surface area is 202 Å². The predicted molar refractivity (Wildman–Crippen MR) is 143 cm³/mol. The van der Waals surface area contributed by atoms with Gasteiger partial charge in [0.1, 0.15) is 0 Å². The zero-order valence-electron chi connectivity index (χ0n) is 21.6. The van der Waals surface area contributed by atoms with Crippen LogP contribution in [0.4, 0.5) is 0 Å². The third-order valence-corrected chi connectivity index (χ3v) is 10.4. The standard InChI is InChI=1S/C23H42N2.C6H14.CH4/c1-3-7-16(2)19-9-6-10-20-18-12-11-17-8-4-5-14-22(17,24)21(18)13-15-23(19,20)25;1-3-5-6-4-2;/h16-21H,3-15,24-25H2,1-2H3;3-6H2,1-2H3;1H4. The molecule has 32 heavy (non-hydrogen) atoms. The van der Waals surface area contributed by atoms with Crippen molar-refractivity contribution in [1.82, 2.24) is 0 Å². The monoisotopic (exact) mass is 448 g/mol. The Kier molecular flexibility index (Phi) is 11.1. The molecule has 0 aromatic rings. The van der Waals surface area contributed by atoms with Crippen molar-refractivity contribution in [1.29, 1.82) is 0 Å². The lowest BCUT2D eigenvalue weighted by Crippen LogP contribution is -2.68. The van der Waals surface area contributed by atoms with Gasteiger partial charge >= 0.3 is 0 Å². The molecule has 4 fully saturated rings. The fourth-order valence-corrected chi connectivity index (χ4v) is 8.88. The van der Waals surface area contributed by atoms with E-state index in [2.05, 4.69) is 27.7 Å². The molecule has 0 radical (unpaired) electrons. The largest absolute Gasteiger partial charge is 0.325 e. The van der Waals surface area contributed by atoms with E-state index in [-0.39, 0.29) is 18.5 Å². The summed E-state index contributed by atoms with van der Waals surface area (Å²) >= 11 is 0. The molecular formula is C30H60N2. The van der Waals surface area contributed by atoms with Crippen LogP contribution in [0.15, 0.2) is 0 Å². The quantitative estimate of drug-likeness (QED) is 0.400. The minimum atomic E-state index is 0. The summed E-state index contributed by atoms with van der Waals surface area (Å²) in [6.45, 7) is 9.28. The lowest BCUT2D eigenvalue weighted by atomic mass is 9.45. The number of rotatable bonds is 6. The molecule has 0 heterocycles. The topological polar surface area (TPSA) is 52.0 Å². The van der Waals surface area contributed by atoms with Gasteiger partial charge in [-0.2, -0.15) is 0 Å². The van der Waals surface area contributed by atoms with Crippen LogP contribution in [0.1, 0.15) is 144 Å². The maximum absolute atomic E-state index is 7.32. The summed E-state index contributed by atoms with van der Waals surface area (Å²) in [7, 11) is 0. The second-order valence-corrected chi connectivity index (χ2v) is 12.2. The van der Waals surface area contributed by atoms with E-state index in [0.717, 1.165) is 35.5 Å². The molecule has 4 N–H and O–H groups in total. The van der Waals surface area contributed by atoms with E-state index < -0.39 is 0 Å². The summed E-state index contributed by atoms with van der Waals surface area (Å²) in [6.07, 6.45) is 23.2. The van der Waals surface area contributed by atoms with Gasteiger partial charge < -0.3 is 11.5 Å². The highest BCUT2D eigenvalue weighted by Crippen LogP contribution is 2.60. The summed E-state index contributed by atoms with van der Waals surface area (Å²) in [5.74, 6) is 4.72. The van der Waals surface area contributed by atoms with Crippen LogP contribution in [-0.2, 0) is 0 Å². The maximum atomic E-state index is 7.32. The lowest BCUT2D eigenvalue weighted by molar-refractivity contribution is -0.0913. The van der Waals surface area contributed by atoms with Gasteiger partial charge in [-0.15, -0.1) is 0 Å². The van der Waals surface area contributed by atoms with Gasteiger partial charge in [-0.3, -0.25) is 0 Å². The Morgan fingerprint density at radius 1 is 0.719 bits per heavy atom. The van der Waals surface area contributed by atoms with E-state index in [1.807, 2.05) is 0 Å². The average Bonchev–Trinajstić information content (AvgIpc) is 2.76. The van der Waals surface area contributed by atoms with Crippen molar-refractivity contribution < 1.29 is 0 Å². The minimum absolute atomic E-state index is 0. The molecule has 190 valence electrons. The molecule has 0 spiro atoms. The van der Waals surface area contributed by atoms with Crippen LogP contribution >= 0.6 is 0 Å². The SMILES string of the molecule is C.CCCC(C)C1CCCC2C3CCC4CCCCC4(N)C3CCC12N.CCCCCC. The third-order valence-electron chi connectivity index (χ3n) is 10.4. The normalized spacial score (nSPS) is 41.6. The highest BCUT2D eigenvalue weighted by atomic mass is 14.9. The Bertz CT molecular complexity index is 529. The molecule has 0 aromatic carbocycles. The third kappa shape index (κ3) is 5.59. The Balaban J connectivity index is 0.000000461. The smallest absolute Gasteiger partial charge is 0.0216 e. The molecule has 8 unspecified atom stereocenters. The maximum Gasteiger partial charge on any atom is 0.0216 e. The van der Waals surface area contributed by atoms with Crippen LogP contribution in [0.3, 0.4) is 0 Å². The molecular weight excluding hydrogens is 388 g/mol. The first-order chi connectivity index (χ1) is 14.9. The van der Waals surface area contributed by atoms with E-state index >= 15 is 0 Å². The van der Waals surface area contributed by atoms with Crippen molar-refractivity contribution in [3.05, 3.63) is 0 Å². The first-order valence-electron chi connectivity index (χ1n) is 14.5. The molecule has 2 nitrogen and oxygen atoms in total. The van der Waals surface area contributed by atoms with Crippen molar-refractivity contribution in [2.24, 2.45) is 47.0 Å². The molecule has 2 heteroatoms. The van der Waals surface area contributed by atoms with Gasteiger partial charge in [0.05, 0.1) is 0 Å². The molecule has 0 amide bonds. The van der Waals surface area contributed by atoms with Crippen LogP contribution in [0.5, 0.6) is 0 Å². The molecule has 4 aliphatic carbocycles. The van der Waals surface area contributed by atoms with Crippen molar-refractivity contribution in [2.45, 2.75) is 155 Å². The number of hydrogen-bond acceptors (Lipinski definition) is 2. The van der Waals surface area contributed by atoms with E-state index in [0.29, 0.717) is 0 Å². The minimum Gasteiger partial charge on any atom is -0.325 e. The Morgan fingerprint density at radius 3 is 2.06 bits per heavy atom. The summed E-state index contributed by atoms with van der Waals surface area (Å²) in [4.78, 5) is 0. The summed E-state index contributed by atoms with van der Waals surface area (Å²) < 4.78 is 0. The van der Waals surface area contributed by atoms with Gasteiger partial charge in [-0.05, 0) is 86.9 Å². The second-order valence-electron chi connectivity index (χ2n) is 12.2. The van der Waals surface area contributed by atoms with Crippen LogP contribution in [0, 0.1) is 35.5 Å². The molecule has 0 bridgehead atoms. The van der Waals surface area contributed by atoms with Crippen LogP contribution in [-0.4, -0.2) is 11.1 Å². The average molecular weight is 449 g/mol.